The van der Waals surface area contributed by atoms with Crippen LogP contribution in [-0.2, 0) is 35.5 Å². The topological polar surface area (TPSA) is 121 Å². The van der Waals surface area contributed by atoms with Crippen molar-refractivity contribution in [2.75, 3.05) is 46.4 Å². The van der Waals surface area contributed by atoms with Gasteiger partial charge in [0.05, 0.1) is 40.8 Å². The minimum atomic E-state index is -0.431. The summed E-state index contributed by atoms with van der Waals surface area (Å²) in [6, 6.07) is 20.5. The number of thiazole rings is 2. The summed E-state index contributed by atoms with van der Waals surface area (Å²) in [5, 5.41) is 13.5. The van der Waals surface area contributed by atoms with E-state index in [1.54, 1.807) is 27.9 Å². The first kappa shape index (κ1) is 40.3. The fourth-order valence-corrected chi connectivity index (χ4v) is 7.65. The van der Waals surface area contributed by atoms with Gasteiger partial charge in [0.25, 0.3) is 0 Å². The van der Waals surface area contributed by atoms with Gasteiger partial charge in [0.1, 0.15) is 6.61 Å². The van der Waals surface area contributed by atoms with Crippen LogP contribution in [-0.4, -0.2) is 96.5 Å². The smallest absolute Gasteiger partial charge is 0.407 e. The molecule has 1 fully saturated rings. The number of amides is 3. The Bertz CT molecular complexity index is 1620. The molecule has 0 aliphatic carbocycles. The second-order valence-electron chi connectivity index (χ2n) is 14.0. The third-order valence-corrected chi connectivity index (χ3v) is 11.3. The predicted molar refractivity (Wildman–Crippen MR) is 212 cm³/mol. The third-order valence-electron chi connectivity index (χ3n) is 9.35. The van der Waals surface area contributed by atoms with Crippen molar-refractivity contribution in [1.29, 1.82) is 0 Å². The lowest BCUT2D eigenvalue weighted by Gasteiger charge is -2.31. The van der Waals surface area contributed by atoms with E-state index in [-0.39, 0.29) is 30.8 Å². The molecular weight excluding hydrogens is 707 g/mol. The van der Waals surface area contributed by atoms with Gasteiger partial charge in [0.2, 0.25) is 0 Å². The van der Waals surface area contributed by atoms with E-state index in [0.29, 0.717) is 25.4 Å². The summed E-state index contributed by atoms with van der Waals surface area (Å²) in [6.45, 7) is 9.68. The summed E-state index contributed by atoms with van der Waals surface area (Å²) in [7, 11) is 1.83. The molecule has 3 amide bonds. The molecule has 0 bridgehead atoms. The van der Waals surface area contributed by atoms with Crippen molar-refractivity contribution in [3.8, 4) is 0 Å². The number of nitrogens with one attached hydrogen (secondary N) is 3. The lowest BCUT2D eigenvalue weighted by molar-refractivity contribution is 0.0362. The van der Waals surface area contributed by atoms with Crippen molar-refractivity contribution >= 4 is 34.8 Å². The second-order valence-corrected chi connectivity index (χ2v) is 15.9. The minimum absolute atomic E-state index is 0.0901. The number of nitrogens with zero attached hydrogens (tertiary/aromatic N) is 4. The van der Waals surface area contributed by atoms with Gasteiger partial charge in [0.15, 0.2) is 0 Å². The lowest BCUT2D eigenvalue weighted by atomic mass is 9.96. The van der Waals surface area contributed by atoms with Gasteiger partial charge in [-0.05, 0) is 43.2 Å². The van der Waals surface area contributed by atoms with Crippen LogP contribution in [0.15, 0.2) is 77.8 Å². The lowest BCUT2D eigenvalue weighted by Crippen LogP contribution is -2.50. The Morgan fingerprint density at radius 1 is 0.906 bits per heavy atom. The number of alkyl carbamates (subject to hydrolysis) is 1. The summed E-state index contributed by atoms with van der Waals surface area (Å²) < 4.78 is 11.1. The molecule has 53 heavy (non-hydrogen) atoms. The number of ether oxygens (including phenoxy) is 2. The number of benzene rings is 2. The number of urea groups is 1. The van der Waals surface area contributed by atoms with Gasteiger partial charge in [-0.25, -0.2) is 14.6 Å². The van der Waals surface area contributed by atoms with Crippen molar-refractivity contribution in [3.63, 3.8) is 0 Å². The van der Waals surface area contributed by atoms with Gasteiger partial charge in [-0.2, -0.15) is 0 Å². The van der Waals surface area contributed by atoms with Gasteiger partial charge >= 0.3 is 12.1 Å². The average Bonchev–Trinajstić information content (AvgIpc) is 3.88. The van der Waals surface area contributed by atoms with Crippen LogP contribution in [0.25, 0.3) is 0 Å². The molecular formula is C40H55N7O4S2. The van der Waals surface area contributed by atoms with E-state index in [0.717, 1.165) is 79.7 Å². The number of hydrogen-bond donors (Lipinski definition) is 3. The van der Waals surface area contributed by atoms with Crippen molar-refractivity contribution in [3.05, 3.63) is 104 Å². The van der Waals surface area contributed by atoms with E-state index >= 15 is 0 Å². The average molecular weight is 762 g/mol. The normalized spacial score (nSPS) is 15.1. The largest absolute Gasteiger partial charge is 0.444 e. The van der Waals surface area contributed by atoms with Crippen LogP contribution in [0.2, 0.25) is 0 Å². The molecule has 0 radical (unpaired) electrons. The van der Waals surface area contributed by atoms with Crippen LogP contribution in [0.4, 0.5) is 9.59 Å². The molecule has 2 aromatic carbocycles. The van der Waals surface area contributed by atoms with Crippen LogP contribution in [0.3, 0.4) is 0 Å². The van der Waals surface area contributed by atoms with Crippen LogP contribution in [0.1, 0.15) is 65.7 Å². The van der Waals surface area contributed by atoms with Crippen molar-refractivity contribution in [2.24, 2.45) is 0 Å². The first-order valence-electron chi connectivity index (χ1n) is 18.7. The Balaban J connectivity index is 1.24. The van der Waals surface area contributed by atoms with Crippen LogP contribution in [0.5, 0.6) is 0 Å². The maximum Gasteiger partial charge on any atom is 0.407 e. The fourth-order valence-electron chi connectivity index (χ4n) is 6.32. The monoisotopic (exact) mass is 761 g/mol. The Hall–Kier alpha value is -3.88. The van der Waals surface area contributed by atoms with E-state index in [1.807, 2.05) is 36.7 Å². The zero-order chi connectivity index (χ0) is 37.3. The number of aromatic nitrogens is 2. The Morgan fingerprint density at radius 3 is 2.23 bits per heavy atom. The number of morpholine rings is 1. The van der Waals surface area contributed by atoms with E-state index in [9.17, 15) is 9.59 Å². The number of carbonyl (C=O) groups is 2. The minimum Gasteiger partial charge on any atom is -0.444 e. The summed E-state index contributed by atoms with van der Waals surface area (Å²) in [5.41, 5.74) is 5.03. The van der Waals surface area contributed by atoms with Gasteiger partial charge in [0, 0.05) is 68.8 Å². The zero-order valence-electron chi connectivity index (χ0n) is 31.2. The molecule has 4 aromatic rings. The SMILES string of the molecule is CC(C)c1nc(CN(C)C(=O)N[C@@H](CCN2CCOCC2)CNC(CC[C@H](Cc2ccccc2)NC(=O)OCc2cncs2)Cc2ccccc2)cs1. The third kappa shape index (κ3) is 14.5. The molecule has 1 aliphatic heterocycles. The number of carbonyl (C=O) groups excluding carboxylic acids is 2. The number of hydrogen-bond acceptors (Lipinski definition) is 10. The predicted octanol–water partition coefficient (Wildman–Crippen LogP) is 6.47. The molecule has 286 valence electrons. The maximum absolute atomic E-state index is 13.6. The van der Waals surface area contributed by atoms with E-state index < -0.39 is 6.09 Å². The maximum atomic E-state index is 13.6. The van der Waals surface area contributed by atoms with E-state index in [1.165, 1.54) is 16.9 Å². The molecule has 13 heteroatoms. The second kappa shape index (κ2) is 21.7. The molecule has 3 atom stereocenters. The van der Waals surface area contributed by atoms with Crippen LogP contribution in [0, 0.1) is 0 Å². The van der Waals surface area contributed by atoms with Gasteiger partial charge in [-0.15, -0.1) is 22.7 Å². The highest BCUT2D eigenvalue weighted by atomic mass is 32.1. The molecule has 0 saturated carbocycles. The van der Waals surface area contributed by atoms with Crippen molar-refractivity contribution in [2.45, 2.75) is 83.1 Å². The summed E-state index contributed by atoms with van der Waals surface area (Å²) in [6.07, 6.45) is 5.17. The fraction of sp³-hybridized carbons (Fsp3) is 0.500. The molecule has 3 heterocycles. The first-order valence-corrected chi connectivity index (χ1v) is 20.4. The van der Waals surface area contributed by atoms with Gasteiger partial charge in [-0.1, -0.05) is 74.5 Å². The highest BCUT2D eigenvalue weighted by Crippen LogP contribution is 2.20. The van der Waals surface area contributed by atoms with Crippen molar-refractivity contribution in [1.82, 2.24) is 35.7 Å². The van der Waals surface area contributed by atoms with E-state index in [4.69, 9.17) is 14.5 Å². The highest BCUT2D eigenvalue weighted by molar-refractivity contribution is 7.09. The molecule has 5 rings (SSSR count). The molecule has 1 unspecified atom stereocenters. The Morgan fingerprint density at radius 2 is 1.58 bits per heavy atom. The van der Waals surface area contributed by atoms with Crippen LogP contribution >= 0.6 is 22.7 Å². The van der Waals surface area contributed by atoms with Crippen molar-refractivity contribution < 1.29 is 19.1 Å². The quantitative estimate of drug-likeness (QED) is 0.0938. The summed E-state index contributed by atoms with van der Waals surface area (Å²) >= 11 is 3.11. The van der Waals surface area contributed by atoms with Gasteiger partial charge < -0.3 is 30.3 Å². The van der Waals surface area contributed by atoms with Crippen LogP contribution < -0.4 is 16.0 Å². The molecule has 3 N–H and O–H groups in total. The standard InChI is InChI=1S/C40H55N7O4S2/c1-30(2)38-43-36(28-52-38)26-46(3)39(48)44-35(16-17-47-18-20-50-21-19-47)24-42-33(22-31-10-6-4-7-11-31)14-15-34(23-32-12-8-5-9-13-32)45-40(49)51-27-37-25-41-29-53-37/h4-13,25,28-30,33-35,42H,14-24,26-27H2,1-3H3,(H,44,48)(H,45,49)/t33?,34-,35+/m1/s1. The molecule has 0 spiro atoms. The van der Waals surface area contributed by atoms with Gasteiger partial charge in [-0.3, -0.25) is 9.88 Å². The highest BCUT2D eigenvalue weighted by Gasteiger charge is 2.22. The Labute approximate surface area is 322 Å². The molecule has 11 nitrogen and oxygen atoms in total. The number of rotatable bonds is 20. The zero-order valence-corrected chi connectivity index (χ0v) is 32.9. The molecule has 2 aromatic heterocycles. The molecule has 1 saturated heterocycles. The first-order chi connectivity index (χ1) is 25.8. The molecule has 1 aliphatic rings. The summed E-state index contributed by atoms with van der Waals surface area (Å²) in [4.78, 5) is 40.4. The Kier molecular flexibility index (Phi) is 16.5. The van der Waals surface area contributed by atoms with E-state index in [2.05, 4.69) is 76.1 Å². The summed E-state index contributed by atoms with van der Waals surface area (Å²) in [5.74, 6) is 0.361.